The lowest BCUT2D eigenvalue weighted by atomic mass is 10.1. The van der Waals surface area contributed by atoms with Crippen molar-refractivity contribution in [2.24, 2.45) is 0 Å². The molecule has 0 saturated heterocycles. The Labute approximate surface area is 94.0 Å². The molecular weight excluding hydrogens is 212 g/mol. The highest BCUT2D eigenvalue weighted by molar-refractivity contribution is 5.69. The van der Waals surface area contributed by atoms with Crippen LogP contribution >= 0.6 is 0 Å². The lowest BCUT2D eigenvalue weighted by molar-refractivity contribution is -0.521. The molecule has 0 spiro atoms. The molecule has 0 radical (unpaired) electrons. The molecule has 1 heterocycles. The Morgan fingerprint density at radius 3 is 2.69 bits per heavy atom. The summed E-state index contributed by atoms with van der Waals surface area (Å²) in [5.74, 6) is 0. The smallest absolute Gasteiger partial charge is 0.414 e. The maximum Gasteiger partial charge on any atom is 0.414 e. The van der Waals surface area contributed by atoms with Gasteiger partial charge in [0.05, 0.1) is 6.54 Å². The first-order valence-electron chi connectivity index (χ1n) is 5.09. The molecular formula is C10H16N2O4. The minimum Gasteiger partial charge on any atom is -0.443 e. The van der Waals surface area contributed by atoms with E-state index in [9.17, 15) is 14.9 Å². The molecule has 0 aromatic rings. The van der Waals surface area contributed by atoms with Gasteiger partial charge in [0, 0.05) is 17.5 Å². The molecule has 0 N–H and O–H groups in total. The summed E-state index contributed by atoms with van der Waals surface area (Å²) in [6, 6.07) is -0.738. The molecule has 0 aromatic carbocycles. The number of carbonyl (C=O) groups excluding carboxylic acids is 1. The van der Waals surface area contributed by atoms with Crippen LogP contribution in [0.15, 0.2) is 12.3 Å². The van der Waals surface area contributed by atoms with E-state index in [0.717, 1.165) is 0 Å². The molecule has 16 heavy (non-hydrogen) atoms. The number of rotatable bonds is 1. The number of nitrogens with zero attached hydrogens (tertiary/aromatic N) is 2. The molecule has 0 aliphatic carbocycles. The highest BCUT2D eigenvalue weighted by Crippen LogP contribution is 2.15. The third kappa shape index (κ3) is 3.52. The second kappa shape index (κ2) is 4.51. The van der Waals surface area contributed by atoms with Crippen LogP contribution in [-0.2, 0) is 4.74 Å². The summed E-state index contributed by atoms with van der Waals surface area (Å²) >= 11 is 0. The van der Waals surface area contributed by atoms with E-state index >= 15 is 0 Å². The van der Waals surface area contributed by atoms with Crippen molar-refractivity contribution in [1.29, 1.82) is 0 Å². The van der Waals surface area contributed by atoms with Gasteiger partial charge >= 0.3 is 6.09 Å². The summed E-state index contributed by atoms with van der Waals surface area (Å²) in [6.45, 7) is 5.33. The van der Waals surface area contributed by atoms with E-state index in [4.69, 9.17) is 4.74 Å². The quantitative estimate of drug-likeness (QED) is 0.506. The number of amides is 1. The summed E-state index contributed by atoms with van der Waals surface area (Å²) in [5, 5.41) is 10.6. The van der Waals surface area contributed by atoms with Crippen molar-refractivity contribution in [2.75, 3.05) is 6.54 Å². The zero-order valence-electron chi connectivity index (χ0n) is 9.67. The SMILES string of the molecule is CC(C)(C)OC(=O)N1C=CCC([N+](=O)[O-])C1. The molecule has 0 saturated carbocycles. The third-order valence-corrected chi connectivity index (χ3v) is 2.03. The van der Waals surface area contributed by atoms with Gasteiger partial charge in [0.2, 0.25) is 6.04 Å². The number of carbonyl (C=O) groups is 1. The van der Waals surface area contributed by atoms with Crippen LogP contribution in [0.1, 0.15) is 27.2 Å². The molecule has 0 aromatic heterocycles. The van der Waals surface area contributed by atoms with Gasteiger partial charge in [-0.05, 0) is 20.8 Å². The Morgan fingerprint density at radius 1 is 1.56 bits per heavy atom. The van der Waals surface area contributed by atoms with Crippen LogP contribution in [0.3, 0.4) is 0 Å². The van der Waals surface area contributed by atoms with E-state index in [1.165, 1.54) is 11.1 Å². The zero-order valence-corrected chi connectivity index (χ0v) is 9.67. The standard InChI is InChI=1S/C10H16N2O4/c1-10(2,3)16-9(13)11-6-4-5-8(7-11)12(14)15/h4,6,8H,5,7H2,1-3H3. The van der Waals surface area contributed by atoms with E-state index < -0.39 is 17.7 Å². The molecule has 1 amide bonds. The summed E-state index contributed by atoms with van der Waals surface area (Å²) in [7, 11) is 0. The summed E-state index contributed by atoms with van der Waals surface area (Å²) < 4.78 is 5.12. The zero-order chi connectivity index (χ0) is 12.3. The first-order valence-corrected chi connectivity index (χ1v) is 5.09. The van der Waals surface area contributed by atoms with Gasteiger partial charge < -0.3 is 4.74 Å². The summed E-state index contributed by atoms with van der Waals surface area (Å²) in [5.41, 5.74) is -0.591. The van der Waals surface area contributed by atoms with E-state index in [0.29, 0.717) is 6.42 Å². The molecule has 1 unspecified atom stereocenters. The largest absolute Gasteiger partial charge is 0.443 e. The average Bonchev–Trinajstić information content (AvgIpc) is 2.15. The number of hydrogen-bond acceptors (Lipinski definition) is 4. The fourth-order valence-corrected chi connectivity index (χ4v) is 1.32. The Morgan fingerprint density at radius 2 is 2.19 bits per heavy atom. The van der Waals surface area contributed by atoms with Gasteiger partial charge in [-0.25, -0.2) is 4.79 Å². The van der Waals surface area contributed by atoms with Crippen LogP contribution in [-0.4, -0.2) is 34.1 Å². The molecule has 1 aliphatic rings. The predicted molar refractivity (Wildman–Crippen MR) is 57.5 cm³/mol. The normalized spacial score (nSPS) is 20.7. The molecule has 6 heteroatoms. The van der Waals surface area contributed by atoms with Crippen molar-refractivity contribution < 1.29 is 14.5 Å². The van der Waals surface area contributed by atoms with Crippen molar-refractivity contribution >= 4 is 6.09 Å². The monoisotopic (exact) mass is 228 g/mol. The van der Waals surface area contributed by atoms with E-state index in [1.807, 2.05) is 0 Å². The number of hydrogen-bond donors (Lipinski definition) is 0. The van der Waals surface area contributed by atoms with Gasteiger partial charge in [-0.1, -0.05) is 6.08 Å². The molecule has 90 valence electrons. The highest BCUT2D eigenvalue weighted by atomic mass is 16.6. The molecule has 1 atom stereocenters. The van der Waals surface area contributed by atoms with Gasteiger partial charge in [0.25, 0.3) is 0 Å². The fraction of sp³-hybridized carbons (Fsp3) is 0.700. The Kier molecular flexibility index (Phi) is 3.51. The molecule has 6 nitrogen and oxygen atoms in total. The molecule has 0 fully saturated rings. The van der Waals surface area contributed by atoms with E-state index in [1.54, 1.807) is 26.8 Å². The van der Waals surface area contributed by atoms with Gasteiger partial charge in [-0.15, -0.1) is 0 Å². The second-order valence-corrected chi connectivity index (χ2v) is 4.69. The van der Waals surface area contributed by atoms with Gasteiger partial charge in [0.1, 0.15) is 5.60 Å². The van der Waals surface area contributed by atoms with Crippen LogP contribution in [0.5, 0.6) is 0 Å². The first kappa shape index (κ1) is 12.5. The maximum absolute atomic E-state index is 11.6. The molecule has 1 rings (SSSR count). The first-order chi connectivity index (χ1) is 7.29. The molecule has 0 bridgehead atoms. The van der Waals surface area contributed by atoms with Crippen molar-refractivity contribution in [3.8, 4) is 0 Å². The van der Waals surface area contributed by atoms with Crippen molar-refractivity contribution in [3.63, 3.8) is 0 Å². The Bertz CT molecular complexity index is 319. The van der Waals surface area contributed by atoms with Crippen LogP contribution in [0.4, 0.5) is 4.79 Å². The van der Waals surface area contributed by atoms with E-state index in [2.05, 4.69) is 0 Å². The van der Waals surface area contributed by atoms with Gasteiger partial charge in [0.15, 0.2) is 0 Å². The number of ether oxygens (including phenoxy) is 1. The van der Waals surface area contributed by atoms with Gasteiger partial charge in [-0.3, -0.25) is 15.0 Å². The molecule has 1 aliphatic heterocycles. The summed E-state index contributed by atoms with van der Waals surface area (Å²) in [6.07, 6.45) is 2.96. The minimum atomic E-state index is -0.738. The number of nitro groups is 1. The highest BCUT2D eigenvalue weighted by Gasteiger charge is 2.30. The van der Waals surface area contributed by atoms with Crippen molar-refractivity contribution in [1.82, 2.24) is 4.90 Å². The second-order valence-electron chi connectivity index (χ2n) is 4.69. The van der Waals surface area contributed by atoms with Crippen LogP contribution in [0.25, 0.3) is 0 Å². The lowest BCUT2D eigenvalue weighted by Gasteiger charge is -2.27. The third-order valence-electron chi connectivity index (χ3n) is 2.03. The van der Waals surface area contributed by atoms with Crippen LogP contribution < -0.4 is 0 Å². The van der Waals surface area contributed by atoms with E-state index in [-0.39, 0.29) is 11.5 Å². The maximum atomic E-state index is 11.6. The van der Waals surface area contributed by atoms with Gasteiger partial charge in [-0.2, -0.15) is 0 Å². The van der Waals surface area contributed by atoms with Crippen molar-refractivity contribution in [3.05, 3.63) is 22.4 Å². The summed E-state index contributed by atoms with van der Waals surface area (Å²) in [4.78, 5) is 23.1. The lowest BCUT2D eigenvalue weighted by Crippen LogP contribution is -2.42. The average molecular weight is 228 g/mol. The predicted octanol–water partition coefficient (Wildman–Crippen LogP) is 1.79. The Hall–Kier alpha value is -1.59. The van der Waals surface area contributed by atoms with Crippen LogP contribution in [0, 0.1) is 10.1 Å². The topological polar surface area (TPSA) is 72.7 Å². The van der Waals surface area contributed by atoms with Crippen LogP contribution in [0.2, 0.25) is 0 Å². The van der Waals surface area contributed by atoms with Crippen molar-refractivity contribution in [2.45, 2.75) is 38.8 Å². The minimum absolute atomic E-state index is 0.0679. The Balaban J connectivity index is 2.61. The fourth-order valence-electron chi connectivity index (χ4n) is 1.32.